The quantitative estimate of drug-likeness (QED) is 0.725. The van der Waals surface area contributed by atoms with E-state index < -0.39 is 24.7 Å². The number of carbonyl (C=O) groups is 3. The van der Waals surface area contributed by atoms with Crippen LogP contribution in [0.25, 0.3) is 0 Å². The van der Waals surface area contributed by atoms with Crippen molar-refractivity contribution >= 4 is 29.4 Å². The van der Waals surface area contributed by atoms with Crippen LogP contribution in [-0.2, 0) is 4.79 Å². The number of hydrogen-bond acceptors (Lipinski definition) is 6. The maximum atomic E-state index is 12.5. The van der Waals surface area contributed by atoms with Crippen molar-refractivity contribution in [2.24, 2.45) is 0 Å². The summed E-state index contributed by atoms with van der Waals surface area (Å²) < 4.78 is 41.3. The third kappa shape index (κ3) is 3.64. The summed E-state index contributed by atoms with van der Waals surface area (Å²) in [5.41, 5.74) is 0.547. The highest BCUT2D eigenvalue weighted by Crippen LogP contribution is 2.26. The number of nitrogens with zero attached hydrogens (tertiary/aromatic N) is 5. The van der Waals surface area contributed by atoms with E-state index >= 15 is 0 Å². The molecular formula is C14H16F3N5O3S. The number of urea groups is 1. The highest BCUT2D eigenvalue weighted by molar-refractivity contribution is 7.07. The van der Waals surface area contributed by atoms with Gasteiger partial charge in [-0.2, -0.15) is 13.2 Å². The summed E-state index contributed by atoms with van der Waals surface area (Å²) in [6, 6.07) is -1.28. The third-order valence-corrected chi connectivity index (χ3v) is 5.27. The third-order valence-electron chi connectivity index (χ3n) is 4.46. The topological polar surface area (TPSA) is 86.7 Å². The van der Waals surface area contributed by atoms with Crippen molar-refractivity contribution in [2.75, 3.05) is 26.2 Å². The fourth-order valence-electron chi connectivity index (χ4n) is 3.13. The predicted molar refractivity (Wildman–Crippen MR) is 83.4 cm³/mol. The lowest BCUT2D eigenvalue weighted by atomic mass is 10.0. The number of likely N-dealkylation sites (tertiary alicyclic amines) is 1. The number of aryl methyl sites for hydroxylation is 1. The van der Waals surface area contributed by atoms with Crippen LogP contribution in [-0.4, -0.2) is 80.5 Å². The van der Waals surface area contributed by atoms with Gasteiger partial charge in [0.1, 0.15) is 18.0 Å². The van der Waals surface area contributed by atoms with E-state index in [1.165, 1.54) is 4.90 Å². The first-order valence-electron chi connectivity index (χ1n) is 7.93. The van der Waals surface area contributed by atoms with Gasteiger partial charge in [-0.1, -0.05) is 4.49 Å². The van der Waals surface area contributed by atoms with Gasteiger partial charge < -0.3 is 9.80 Å². The highest BCUT2D eigenvalue weighted by Gasteiger charge is 2.45. The van der Waals surface area contributed by atoms with Crippen LogP contribution in [0.5, 0.6) is 0 Å². The first-order chi connectivity index (χ1) is 12.2. The molecule has 26 heavy (non-hydrogen) atoms. The lowest BCUT2D eigenvalue weighted by Crippen LogP contribution is -2.48. The predicted octanol–water partition coefficient (Wildman–Crippen LogP) is 1.28. The van der Waals surface area contributed by atoms with Gasteiger partial charge in [0.15, 0.2) is 0 Å². The van der Waals surface area contributed by atoms with Crippen LogP contribution >= 0.6 is 11.5 Å². The van der Waals surface area contributed by atoms with Crippen molar-refractivity contribution in [3.63, 3.8) is 0 Å². The number of amides is 4. The molecule has 2 aliphatic rings. The summed E-state index contributed by atoms with van der Waals surface area (Å²) in [4.78, 5) is 39.8. The Morgan fingerprint density at radius 2 is 1.92 bits per heavy atom. The molecule has 0 atom stereocenters. The Labute approximate surface area is 150 Å². The smallest absolute Gasteiger partial charge is 0.338 e. The molecule has 3 heterocycles. The van der Waals surface area contributed by atoms with Crippen LogP contribution in [0.1, 0.15) is 28.2 Å². The number of rotatable bonds is 3. The van der Waals surface area contributed by atoms with E-state index in [0.717, 1.165) is 11.5 Å². The minimum atomic E-state index is -4.63. The molecule has 2 fully saturated rings. The molecule has 3 rings (SSSR count). The average Bonchev–Trinajstić information content (AvgIpc) is 3.12. The van der Waals surface area contributed by atoms with Crippen LogP contribution in [0, 0.1) is 6.92 Å². The van der Waals surface area contributed by atoms with Crippen molar-refractivity contribution in [1.82, 2.24) is 24.3 Å². The molecule has 0 bridgehead atoms. The Balaban J connectivity index is 1.60. The fourth-order valence-corrected chi connectivity index (χ4v) is 3.76. The number of imide groups is 1. The van der Waals surface area contributed by atoms with E-state index in [1.807, 2.05) is 0 Å². The summed E-state index contributed by atoms with van der Waals surface area (Å²) in [7, 11) is 0. The standard InChI is InChI=1S/C14H16F3N5O3S/c1-8-11(26-19-18-8)12(24)20-4-2-9(3-5-20)21-6-10(23)22(13(21)25)7-14(15,16)17/h9H,2-7H2,1H3. The highest BCUT2D eigenvalue weighted by atomic mass is 32.1. The molecule has 142 valence electrons. The van der Waals surface area contributed by atoms with Crippen LogP contribution < -0.4 is 0 Å². The molecule has 2 aliphatic heterocycles. The lowest BCUT2D eigenvalue weighted by Gasteiger charge is -2.36. The Bertz CT molecular complexity index is 730. The number of alkyl halides is 3. The molecule has 0 spiro atoms. The lowest BCUT2D eigenvalue weighted by molar-refractivity contribution is -0.151. The van der Waals surface area contributed by atoms with Crippen LogP contribution in [0.3, 0.4) is 0 Å². The Kier molecular flexibility index (Phi) is 4.86. The molecule has 0 unspecified atom stereocenters. The van der Waals surface area contributed by atoms with Crippen molar-refractivity contribution in [1.29, 1.82) is 0 Å². The van der Waals surface area contributed by atoms with E-state index in [2.05, 4.69) is 9.59 Å². The molecule has 0 saturated carbocycles. The second kappa shape index (κ2) is 6.82. The molecule has 0 aliphatic carbocycles. The van der Waals surface area contributed by atoms with Gasteiger partial charge in [-0.15, -0.1) is 5.10 Å². The minimum absolute atomic E-state index is 0.196. The molecule has 4 amide bonds. The van der Waals surface area contributed by atoms with Crippen molar-refractivity contribution in [3.8, 4) is 0 Å². The number of hydrogen-bond donors (Lipinski definition) is 0. The summed E-state index contributed by atoms with van der Waals surface area (Å²) >= 11 is 1.01. The minimum Gasteiger partial charge on any atom is -0.338 e. The Hall–Kier alpha value is -2.24. The molecule has 0 N–H and O–H groups in total. The van der Waals surface area contributed by atoms with Gasteiger partial charge in [0.2, 0.25) is 0 Å². The summed E-state index contributed by atoms with van der Waals surface area (Å²) in [5, 5.41) is 3.80. The van der Waals surface area contributed by atoms with Crippen LogP contribution in [0.2, 0.25) is 0 Å². The molecule has 8 nitrogen and oxygen atoms in total. The van der Waals surface area contributed by atoms with E-state index in [1.54, 1.807) is 11.8 Å². The van der Waals surface area contributed by atoms with Crippen LogP contribution in [0.15, 0.2) is 0 Å². The molecule has 12 heteroatoms. The van der Waals surface area contributed by atoms with E-state index in [-0.39, 0.29) is 23.4 Å². The van der Waals surface area contributed by atoms with Gasteiger partial charge in [-0.25, -0.2) is 4.79 Å². The van der Waals surface area contributed by atoms with Gasteiger partial charge in [0.25, 0.3) is 11.8 Å². The zero-order chi connectivity index (χ0) is 19.1. The monoisotopic (exact) mass is 391 g/mol. The molecule has 2 saturated heterocycles. The zero-order valence-corrected chi connectivity index (χ0v) is 14.6. The average molecular weight is 391 g/mol. The van der Waals surface area contributed by atoms with Gasteiger partial charge >= 0.3 is 12.2 Å². The fraction of sp³-hybridized carbons (Fsp3) is 0.643. The van der Waals surface area contributed by atoms with Crippen molar-refractivity contribution in [2.45, 2.75) is 32.0 Å². The van der Waals surface area contributed by atoms with Gasteiger partial charge in [0, 0.05) is 19.1 Å². The maximum Gasteiger partial charge on any atom is 0.406 e. The maximum absolute atomic E-state index is 12.5. The number of carbonyl (C=O) groups excluding carboxylic acids is 3. The molecular weight excluding hydrogens is 375 g/mol. The van der Waals surface area contributed by atoms with Gasteiger partial charge in [0.05, 0.1) is 5.69 Å². The largest absolute Gasteiger partial charge is 0.406 e. The molecule has 1 aromatic rings. The van der Waals surface area contributed by atoms with E-state index in [4.69, 9.17) is 0 Å². The first kappa shape index (κ1) is 18.5. The van der Waals surface area contributed by atoms with E-state index in [9.17, 15) is 27.6 Å². The van der Waals surface area contributed by atoms with Crippen molar-refractivity contribution in [3.05, 3.63) is 10.6 Å². The summed E-state index contributed by atoms with van der Waals surface area (Å²) in [6.45, 7) is 0.449. The van der Waals surface area contributed by atoms with Gasteiger partial charge in [-0.3, -0.25) is 14.5 Å². The summed E-state index contributed by atoms with van der Waals surface area (Å²) in [6.07, 6.45) is -3.83. The first-order valence-corrected chi connectivity index (χ1v) is 8.70. The summed E-state index contributed by atoms with van der Waals surface area (Å²) in [5.74, 6) is -1.05. The molecule has 1 aromatic heterocycles. The van der Waals surface area contributed by atoms with Gasteiger partial charge in [-0.05, 0) is 31.3 Å². The second-order valence-electron chi connectivity index (χ2n) is 6.22. The Morgan fingerprint density at radius 1 is 1.27 bits per heavy atom. The molecule has 0 aromatic carbocycles. The SMILES string of the molecule is Cc1nnsc1C(=O)N1CCC(N2CC(=O)N(CC(F)(F)F)C2=O)CC1. The Morgan fingerprint density at radius 3 is 2.46 bits per heavy atom. The number of piperidine rings is 1. The number of halogens is 3. The molecule has 0 radical (unpaired) electrons. The zero-order valence-electron chi connectivity index (χ0n) is 13.8. The normalized spacial score (nSPS) is 19.6. The van der Waals surface area contributed by atoms with Crippen molar-refractivity contribution < 1.29 is 27.6 Å². The van der Waals surface area contributed by atoms with E-state index in [0.29, 0.717) is 36.5 Å². The van der Waals surface area contributed by atoms with Crippen LogP contribution in [0.4, 0.5) is 18.0 Å². The number of aromatic nitrogens is 2. The second-order valence-corrected chi connectivity index (χ2v) is 6.97.